The van der Waals surface area contributed by atoms with E-state index >= 15 is 0 Å². The number of hydrogen-bond acceptors (Lipinski definition) is 3. The number of nitrogens with two attached hydrogens (primary N) is 1. The fourth-order valence-corrected chi connectivity index (χ4v) is 2.38. The quantitative estimate of drug-likeness (QED) is 0.650. The van der Waals surface area contributed by atoms with Gasteiger partial charge in [-0.25, -0.2) is 4.39 Å². The molecule has 0 fully saturated rings. The van der Waals surface area contributed by atoms with Gasteiger partial charge in [0.25, 0.3) is 5.56 Å². The second kappa shape index (κ2) is 5.52. The van der Waals surface area contributed by atoms with E-state index in [1.165, 1.54) is 6.07 Å². The number of nitrogens with one attached hydrogen (secondary N) is 2. The second-order valence-electron chi connectivity index (χ2n) is 5.27. The topological polar surface area (TPSA) is 70.9 Å². The zero-order chi connectivity index (χ0) is 15.7. The van der Waals surface area contributed by atoms with Gasteiger partial charge in [-0.05, 0) is 42.8 Å². The Bertz CT molecular complexity index is 902. The lowest BCUT2D eigenvalue weighted by Crippen LogP contribution is -2.16. The van der Waals surface area contributed by atoms with Crippen molar-refractivity contribution >= 4 is 22.3 Å². The second-order valence-corrected chi connectivity index (χ2v) is 5.27. The van der Waals surface area contributed by atoms with Crippen LogP contribution in [0.4, 0.5) is 15.8 Å². The van der Waals surface area contributed by atoms with Crippen molar-refractivity contribution in [1.82, 2.24) is 4.98 Å². The minimum Gasteiger partial charge on any atom is -0.397 e. The molecule has 3 rings (SSSR count). The lowest BCUT2D eigenvalue weighted by atomic mass is 10.1. The molecule has 0 saturated heterocycles. The number of anilines is 2. The molecule has 1 heterocycles. The number of nitrogen functional groups attached to an aromatic ring is 1. The van der Waals surface area contributed by atoms with Crippen molar-refractivity contribution in [3.63, 3.8) is 0 Å². The molecule has 0 spiro atoms. The standard InChI is InChI=1S/C17H16FN3O/c1-10-5-6-14(19)16(7-10)20-9-11-8-12-13(18)3-2-4-15(12)21-17(11)22/h2-8,20H,9,19H2,1H3,(H,21,22). The van der Waals surface area contributed by atoms with Crippen LogP contribution in [0.2, 0.25) is 0 Å². The van der Waals surface area contributed by atoms with Crippen molar-refractivity contribution < 1.29 is 4.39 Å². The van der Waals surface area contributed by atoms with Crippen molar-refractivity contribution in [1.29, 1.82) is 0 Å². The van der Waals surface area contributed by atoms with Crippen LogP contribution < -0.4 is 16.6 Å². The molecule has 0 radical (unpaired) electrons. The Balaban J connectivity index is 1.94. The zero-order valence-corrected chi connectivity index (χ0v) is 12.1. The summed E-state index contributed by atoms with van der Waals surface area (Å²) in [4.78, 5) is 14.8. The number of aromatic nitrogens is 1. The average Bonchev–Trinajstić information content (AvgIpc) is 2.49. The minimum absolute atomic E-state index is 0.239. The van der Waals surface area contributed by atoms with Gasteiger partial charge >= 0.3 is 0 Å². The SMILES string of the molecule is Cc1ccc(N)c(NCc2cc3c(F)cccc3[nH]c2=O)c1. The molecule has 4 N–H and O–H groups in total. The number of pyridine rings is 1. The van der Waals surface area contributed by atoms with Crippen LogP contribution in [-0.2, 0) is 6.54 Å². The molecule has 3 aromatic rings. The van der Waals surface area contributed by atoms with Gasteiger partial charge in [-0.3, -0.25) is 4.79 Å². The first-order valence-electron chi connectivity index (χ1n) is 6.95. The molecule has 22 heavy (non-hydrogen) atoms. The highest BCUT2D eigenvalue weighted by atomic mass is 19.1. The lowest BCUT2D eigenvalue weighted by molar-refractivity contribution is 0.639. The molecule has 4 nitrogen and oxygen atoms in total. The summed E-state index contributed by atoms with van der Waals surface area (Å²) in [6.45, 7) is 2.23. The molecule has 0 bridgehead atoms. The summed E-state index contributed by atoms with van der Waals surface area (Å²) < 4.78 is 13.8. The molecule has 0 aliphatic rings. The molecule has 0 amide bonds. The smallest absolute Gasteiger partial charge is 0.253 e. The van der Waals surface area contributed by atoms with Crippen molar-refractivity contribution in [2.75, 3.05) is 11.1 Å². The van der Waals surface area contributed by atoms with E-state index in [-0.39, 0.29) is 17.9 Å². The molecule has 5 heteroatoms. The molecule has 0 aliphatic heterocycles. The third-order valence-corrected chi connectivity index (χ3v) is 3.59. The van der Waals surface area contributed by atoms with Gasteiger partial charge in [-0.2, -0.15) is 0 Å². The summed E-state index contributed by atoms with van der Waals surface area (Å²) in [5.41, 5.74) is 9.03. The molecular formula is C17H16FN3O. The van der Waals surface area contributed by atoms with Crippen LogP contribution in [0.25, 0.3) is 10.9 Å². The maximum absolute atomic E-state index is 13.8. The van der Waals surface area contributed by atoms with E-state index in [1.54, 1.807) is 18.2 Å². The number of fused-ring (bicyclic) bond motifs is 1. The molecular weight excluding hydrogens is 281 g/mol. The number of rotatable bonds is 3. The third-order valence-electron chi connectivity index (χ3n) is 3.59. The van der Waals surface area contributed by atoms with Gasteiger partial charge in [-0.1, -0.05) is 12.1 Å². The van der Waals surface area contributed by atoms with E-state index in [0.29, 0.717) is 22.2 Å². The lowest BCUT2D eigenvalue weighted by Gasteiger charge is -2.10. The van der Waals surface area contributed by atoms with Crippen LogP contribution in [0.1, 0.15) is 11.1 Å². The Hall–Kier alpha value is -2.82. The molecule has 0 saturated carbocycles. The normalized spacial score (nSPS) is 10.8. The highest BCUT2D eigenvalue weighted by Gasteiger charge is 2.07. The van der Waals surface area contributed by atoms with Crippen molar-refractivity contribution in [2.45, 2.75) is 13.5 Å². The average molecular weight is 297 g/mol. The van der Waals surface area contributed by atoms with E-state index in [1.807, 2.05) is 25.1 Å². The number of aryl methyl sites for hydroxylation is 1. The van der Waals surface area contributed by atoms with Crippen molar-refractivity contribution in [3.05, 3.63) is 69.8 Å². The maximum Gasteiger partial charge on any atom is 0.253 e. The maximum atomic E-state index is 13.8. The fourth-order valence-electron chi connectivity index (χ4n) is 2.38. The van der Waals surface area contributed by atoms with Crippen molar-refractivity contribution in [3.8, 4) is 0 Å². The van der Waals surface area contributed by atoms with Gasteiger partial charge in [0.15, 0.2) is 0 Å². The molecule has 112 valence electrons. The summed E-state index contributed by atoms with van der Waals surface area (Å²) >= 11 is 0. The van der Waals surface area contributed by atoms with Crippen LogP contribution in [0, 0.1) is 12.7 Å². The third kappa shape index (κ3) is 2.65. The van der Waals surface area contributed by atoms with E-state index in [4.69, 9.17) is 5.73 Å². The van der Waals surface area contributed by atoms with Crippen LogP contribution in [0.5, 0.6) is 0 Å². The summed E-state index contributed by atoms with van der Waals surface area (Å²) in [5.74, 6) is -0.356. The number of H-pyrrole nitrogens is 1. The minimum atomic E-state index is -0.356. The van der Waals surface area contributed by atoms with E-state index in [9.17, 15) is 9.18 Å². The van der Waals surface area contributed by atoms with Gasteiger partial charge in [0.1, 0.15) is 5.82 Å². The summed E-state index contributed by atoms with van der Waals surface area (Å²) in [5, 5.41) is 3.53. The number of aromatic amines is 1. The van der Waals surface area contributed by atoms with Gasteiger partial charge in [0.2, 0.25) is 0 Å². The van der Waals surface area contributed by atoms with E-state index in [0.717, 1.165) is 11.3 Å². The van der Waals surface area contributed by atoms with Gasteiger partial charge in [0.05, 0.1) is 16.9 Å². The monoisotopic (exact) mass is 297 g/mol. The Morgan fingerprint density at radius 1 is 1.23 bits per heavy atom. The van der Waals surface area contributed by atoms with Crippen molar-refractivity contribution in [2.24, 2.45) is 0 Å². The van der Waals surface area contributed by atoms with Gasteiger partial charge < -0.3 is 16.0 Å². The molecule has 0 atom stereocenters. The number of benzene rings is 2. The zero-order valence-electron chi connectivity index (χ0n) is 12.1. The van der Waals surface area contributed by atoms with Crippen LogP contribution in [0.15, 0.2) is 47.3 Å². The van der Waals surface area contributed by atoms with Crippen LogP contribution in [0.3, 0.4) is 0 Å². The Labute approximate surface area is 126 Å². The summed E-state index contributed by atoms with van der Waals surface area (Å²) in [7, 11) is 0. The van der Waals surface area contributed by atoms with Crippen LogP contribution >= 0.6 is 0 Å². The van der Waals surface area contributed by atoms with Gasteiger partial charge in [0, 0.05) is 17.5 Å². The largest absolute Gasteiger partial charge is 0.397 e. The van der Waals surface area contributed by atoms with E-state index < -0.39 is 0 Å². The van der Waals surface area contributed by atoms with Crippen LogP contribution in [-0.4, -0.2) is 4.98 Å². The molecule has 0 unspecified atom stereocenters. The Morgan fingerprint density at radius 2 is 2.05 bits per heavy atom. The number of hydrogen-bond donors (Lipinski definition) is 3. The Morgan fingerprint density at radius 3 is 2.86 bits per heavy atom. The highest BCUT2D eigenvalue weighted by molar-refractivity contribution is 5.79. The predicted molar refractivity (Wildman–Crippen MR) is 87.4 cm³/mol. The summed E-state index contributed by atoms with van der Waals surface area (Å²) in [6.07, 6.45) is 0. The highest BCUT2D eigenvalue weighted by Crippen LogP contribution is 2.21. The summed E-state index contributed by atoms with van der Waals surface area (Å²) in [6, 6.07) is 11.8. The van der Waals surface area contributed by atoms with Gasteiger partial charge in [-0.15, -0.1) is 0 Å². The first-order valence-corrected chi connectivity index (χ1v) is 6.95. The number of halogens is 1. The molecule has 2 aromatic carbocycles. The fraction of sp³-hybridized carbons (Fsp3) is 0.118. The van der Waals surface area contributed by atoms with E-state index in [2.05, 4.69) is 10.3 Å². The first-order chi connectivity index (χ1) is 10.5. The first kappa shape index (κ1) is 14.1. The molecule has 0 aliphatic carbocycles. The molecule has 1 aromatic heterocycles. The predicted octanol–water partition coefficient (Wildman–Crippen LogP) is 3.17. The Kier molecular flexibility index (Phi) is 3.55.